The summed E-state index contributed by atoms with van der Waals surface area (Å²) in [6, 6.07) is 7.98. The number of nitrogens with one attached hydrogen (secondary N) is 1. The molecule has 0 radical (unpaired) electrons. The van der Waals surface area contributed by atoms with Crippen LogP contribution in [-0.4, -0.2) is 15.0 Å². The van der Waals surface area contributed by atoms with Gasteiger partial charge in [-0.3, -0.25) is 0 Å². The van der Waals surface area contributed by atoms with Gasteiger partial charge in [0.2, 0.25) is 0 Å². The van der Waals surface area contributed by atoms with Gasteiger partial charge in [0.15, 0.2) is 0 Å². The molecule has 136 valence electrons. The smallest absolute Gasteiger partial charge is 0.283 e. The maximum absolute atomic E-state index is 13.5. The van der Waals surface area contributed by atoms with Crippen LogP contribution in [0, 0.1) is 0 Å². The summed E-state index contributed by atoms with van der Waals surface area (Å²) < 4.78 is 27.0. The molecule has 0 aliphatic heterocycles. The Morgan fingerprint density at radius 3 is 2.77 bits per heavy atom. The van der Waals surface area contributed by atoms with Crippen LogP contribution in [0.3, 0.4) is 0 Å². The number of pyridine rings is 1. The zero-order chi connectivity index (χ0) is 18.7. The van der Waals surface area contributed by atoms with Crippen molar-refractivity contribution >= 4 is 37.6 Å². The predicted molar refractivity (Wildman–Crippen MR) is 104 cm³/mol. The summed E-state index contributed by atoms with van der Waals surface area (Å²) in [5.41, 5.74) is -1.58. The summed E-state index contributed by atoms with van der Waals surface area (Å²) in [7, 11) is 1.56. The zero-order valence-corrected chi connectivity index (χ0v) is 16.0. The third kappa shape index (κ3) is 4.43. The highest BCUT2D eigenvalue weighted by Gasteiger charge is 2.24. The van der Waals surface area contributed by atoms with Gasteiger partial charge in [0.1, 0.15) is 16.8 Å². The van der Waals surface area contributed by atoms with Gasteiger partial charge in [-0.1, -0.05) is 46.0 Å². The van der Waals surface area contributed by atoms with E-state index >= 15 is 0 Å². The van der Waals surface area contributed by atoms with E-state index in [1.54, 1.807) is 33.6 Å². The molecule has 26 heavy (non-hydrogen) atoms. The second-order valence-electron chi connectivity index (χ2n) is 5.94. The molecule has 0 aliphatic carbocycles. The number of benzene rings is 1. The molecule has 3 rings (SSSR count). The van der Waals surface area contributed by atoms with E-state index in [2.05, 4.69) is 27.2 Å². The summed E-state index contributed by atoms with van der Waals surface area (Å²) in [4.78, 5) is 13.1. The number of nitrogens with zero attached hydrogens (tertiary/aromatic N) is 3. The fourth-order valence-electron chi connectivity index (χ4n) is 2.60. The second kappa shape index (κ2) is 7.77. The summed E-state index contributed by atoms with van der Waals surface area (Å²) in [5, 5.41) is 4.31. The van der Waals surface area contributed by atoms with Crippen LogP contribution in [0.4, 0.5) is 14.6 Å². The van der Waals surface area contributed by atoms with Crippen molar-refractivity contribution in [2.24, 2.45) is 0 Å². The highest BCUT2D eigenvalue weighted by molar-refractivity contribution is 7.17. The Kier molecular flexibility index (Phi) is 5.64. The molecule has 0 saturated heterocycles. The minimum absolute atomic E-state index is 0.0479. The van der Waals surface area contributed by atoms with E-state index in [1.165, 1.54) is 12.1 Å². The highest BCUT2D eigenvalue weighted by atomic mass is 35.5. The van der Waals surface area contributed by atoms with Crippen LogP contribution < -0.4 is 5.32 Å². The van der Waals surface area contributed by atoms with E-state index in [0.717, 1.165) is 23.8 Å². The van der Waals surface area contributed by atoms with Gasteiger partial charge in [-0.2, -0.15) is 8.78 Å². The van der Waals surface area contributed by atoms with Crippen LogP contribution in [-0.2, 0) is 18.6 Å². The molecule has 0 spiro atoms. The minimum Gasteiger partial charge on any atom is -0.365 e. The van der Waals surface area contributed by atoms with E-state index in [0.29, 0.717) is 28.9 Å². The molecule has 0 amide bonds. The maximum atomic E-state index is 13.5. The lowest BCUT2D eigenvalue weighted by molar-refractivity contribution is 0.104. The molecule has 1 N–H and O–H groups in total. The predicted octanol–water partition coefficient (Wildman–Crippen LogP) is 5.17. The van der Waals surface area contributed by atoms with E-state index in [9.17, 15) is 8.78 Å². The van der Waals surface area contributed by atoms with Gasteiger partial charge in [-0.05, 0) is 24.1 Å². The van der Waals surface area contributed by atoms with Crippen molar-refractivity contribution in [3.05, 3.63) is 58.6 Å². The number of aryl methyl sites for hydroxylation is 1. The monoisotopic (exact) mass is 394 g/mol. The van der Waals surface area contributed by atoms with Gasteiger partial charge in [0, 0.05) is 23.9 Å². The Bertz CT molecular complexity index is 931. The van der Waals surface area contributed by atoms with Crippen LogP contribution in [0.2, 0.25) is 5.15 Å². The molecule has 3 aromatic rings. The van der Waals surface area contributed by atoms with Gasteiger partial charge < -0.3 is 5.32 Å². The Balaban J connectivity index is 1.91. The van der Waals surface area contributed by atoms with Crippen LogP contribution in [0.1, 0.15) is 30.3 Å². The van der Waals surface area contributed by atoms with E-state index in [1.807, 2.05) is 0 Å². The number of rotatable bonds is 6. The van der Waals surface area contributed by atoms with Crippen molar-refractivity contribution in [1.29, 1.82) is 0 Å². The molecular formula is C18H18ClF2N4P. The van der Waals surface area contributed by atoms with E-state index in [4.69, 9.17) is 11.6 Å². The average Bonchev–Trinajstić information content (AvgIpc) is 2.60. The van der Waals surface area contributed by atoms with Crippen molar-refractivity contribution < 1.29 is 8.78 Å². The zero-order valence-electron chi connectivity index (χ0n) is 14.1. The highest BCUT2D eigenvalue weighted by Crippen LogP contribution is 2.35. The van der Waals surface area contributed by atoms with Crippen molar-refractivity contribution in [2.45, 2.75) is 32.0 Å². The van der Waals surface area contributed by atoms with Gasteiger partial charge in [-0.15, -0.1) is 0 Å². The molecule has 4 nitrogen and oxygen atoms in total. The van der Waals surface area contributed by atoms with Gasteiger partial charge in [-0.25, -0.2) is 15.0 Å². The summed E-state index contributed by atoms with van der Waals surface area (Å²) in [6.07, 6.45) is 3.26. The first-order valence-electron chi connectivity index (χ1n) is 8.19. The molecule has 1 atom stereocenters. The van der Waals surface area contributed by atoms with E-state index in [-0.39, 0.29) is 5.56 Å². The fourth-order valence-corrected chi connectivity index (χ4v) is 2.94. The lowest BCUT2D eigenvalue weighted by atomic mass is 10.1. The van der Waals surface area contributed by atoms with Crippen molar-refractivity contribution in [1.82, 2.24) is 15.0 Å². The average molecular weight is 395 g/mol. The molecular weight excluding hydrogens is 377 g/mol. The normalized spacial score (nSPS) is 11.7. The van der Waals surface area contributed by atoms with Crippen LogP contribution in [0.25, 0.3) is 10.9 Å². The Morgan fingerprint density at radius 1 is 1.23 bits per heavy atom. The quantitative estimate of drug-likeness (QED) is 0.463. The Hall–Kier alpha value is -1.91. The lowest BCUT2D eigenvalue weighted by Gasteiger charge is -2.14. The third-order valence-electron chi connectivity index (χ3n) is 3.84. The first-order valence-corrected chi connectivity index (χ1v) is 9.14. The number of fused-ring (bicyclic) bond motifs is 1. The van der Waals surface area contributed by atoms with Crippen molar-refractivity contribution in [3.63, 3.8) is 0 Å². The number of hydrogen-bond donors (Lipinski definition) is 1. The molecule has 1 aromatic carbocycles. The molecule has 8 heteroatoms. The maximum Gasteiger partial charge on any atom is 0.283 e. The van der Waals surface area contributed by atoms with E-state index < -0.39 is 5.66 Å². The summed E-state index contributed by atoms with van der Waals surface area (Å²) >= 11 is 6.00. The standard InChI is InChI=1S/C18H18ClF2N4P/c1-2-4-16-24-14-10-22-15(19)8-13(14)17(25-16)23-9-11-5-3-6-12(7-11)18(20,21)26/h3,5-8,10H,2,4,9,26H2,1H3,(H,23,24,25). The summed E-state index contributed by atoms with van der Waals surface area (Å²) in [6.45, 7) is 2.40. The molecule has 1 unspecified atom stereocenters. The number of halogens is 3. The molecule has 0 fully saturated rings. The largest absolute Gasteiger partial charge is 0.365 e. The topological polar surface area (TPSA) is 50.7 Å². The Morgan fingerprint density at radius 2 is 2.04 bits per heavy atom. The van der Waals surface area contributed by atoms with Crippen LogP contribution >= 0.6 is 20.8 Å². The van der Waals surface area contributed by atoms with Gasteiger partial charge in [0.05, 0.1) is 11.7 Å². The minimum atomic E-state index is -2.95. The SMILES string of the molecule is CCCc1nc(NCc2cccc(C(F)(F)P)c2)c2cc(Cl)ncc2n1. The molecule has 2 aromatic heterocycles. The first-order chi connectivity index (χ1) is 12.4. The number of aromatic nitrogens is 3. The Labute approximate surface area is 157 Å². The second-order valence-corrected chi connectivity index (χ2v) is 7.05. The van der Waals surface area contributed by atoms with Crippen molar-refractivity contribution in [2.75, 3.05) is 5.32 Å². The molecule has 0 saturated carbocycles. The third-order valence-corrected chi connectivity index (χ3v) is 4.38. The number of alkyl halides is 2. The lowest BCUT2D eigenvalue weighted by Crippen LogP contribution is -2.08. The number of anilines is 1. The van der Waals surface area contributed by atoms with Crippen LogP contribution in [0.15, 0.2) is 36.5 Å². The van der Waals surface area contributed by atoms with Crippen molar-refractivity contribution in [3.8, 4) is 0 Å². The van der Waals surface area contributed by atoms with Gasteiger partial charge in [0.25, 0.3) is 5.66 Å². The first kappa shape index (κ1) is 18.9. The molecule has 2 heterocycles. The molecule has 0 aliphatic rings. The fraction of sp³-hybridized carbons (Fsp3) is 0.278. The number of hydrogen-bond acceptors (Lipinski definition) is 4. The van der Waals surface area contributed by atoms with Gasteiger partial charge >= 0.3 is 0 Å². The van der Waals surface area contributed by atoms with Crippen LogP contribution in [0.5, 0.6) is 0 Å². The summed E-state index contributed by atoms with van der Waals surface area (Å²) in [5.74, 6) is 1.32. The molecule has 0 bridgehead atoms.